The largest absolute Gasteiger partial charge is 0.497 e. The fraction of sp³-hybridized carbons (Fsp3) is 0.0833. The van der Waals surface area contributed by atoms with Crippen LogP contribution < -0.4 is 9.47 Å². The van der Waals surface area contributed by atoms with Gasteiger partial charge in [0, 0.05) is 28.8 Å². The van der Waals surface area contributed by atoms with Crippen LogP contribution in [-0.4, -0.2) is 46.4 Å². The SMILES string of the molecule is COc1ccc2c(OCc3cnc4ccc(-c5ccccc5)nn34)ccnc2c1.OCc1cnc2ccc(-c3cc(F)c(F)c(F)c3)nn12. The summed E-state index contributed by atoms with van der Waals surface area (Å²) in [6.45, 7) is 0.0707. The van der Waals surface area contributed by atoms with E-state index in [0.717, 1.165) is 57.1 Å². The van der Waals surface area contributed by atoms with E-state index < -0.39 is 17.5 Å². The Labute approximate surface area is 276 Å². The molecule has 3 aromatic carbocycles. The zero-order chi connectivity index (χ0) is 33.9. The highest BCUT2D eigenvalue weighted by Crippen LogP contribution is 2.28. The Bertz CT molecular complexity index is 2410. The topological polar surface area (TPSA) is 112 Å². The lowest BCUT2D eigenvalue weighted by Crippen LogP contribution is -2.03. The van der Waals surface area contributed by atoms with Crippen molar-refractivity contribution in [3.63, 3.8) is 0 Å². The van der Waals surface area contributed by atoms with E-state index in [2.05, 4.69) is 20.1 Å². The van der Waals surface area contributed by atoms with Gasteiger partial charge in [0.05, 0.1) is 48.7 Å². The number of hydrogen-bond donors (Lipinski definition) is 1. The summed E-state index contributed by atoms with van der Waals surface area (Å²) in [5.41, 5.74) is 5.69. The van der Waals surface area contributed by atoms with Crippen LogP contribution in [0.5, 0.6) is 11.5 Å². The van der Waals surface area contributed by atoms with Crippen LogP contribution in [0.15, 0.2) is 110 Å². The minimum absolute atomic E-state index is 0.0980. The van der Waals surface area contributed by atoms with Gasteiger partial charge in [0.15, 0.2) is 28.7 Å². The van der Waals surface area contributed by atoms with Crippen molar-refractivity contribution >= 4 is 22.2 Å². The summed E-state index contributed by atoms with van der Waals surface area (Å²) in [5.74, 6) is -2.56. The Balaban J connectivity index is 0.000000166. The van der Waals surface area contributed by atoms with Gasteiger partial charge in [-0.25, -0.2) is 32.2 Å². The van der Waals surface area contributed by atoms with E-state index in [0.29, 0.717) is 17.9 Å². The summed E-state index contributed by atoms with van der Waals surface area (Å²) in [6.07, 6.45) is 4.97. The van der Waals surface area contributed by atoms with Crippen molar-refractivity contribution in [2.24, 2.45) is 0 Å². The number of benzene rings is 3. The van der Waals surface area contributed by atoms with Crippen LogP contribution in [0.4, 0.5) is 13.2 Å². The fourth-order valence-electron chi connectivity index (χ4n) is 5.17. The normalized spacial score (nSPS) is 11.1. The molecule has 0 radical (unpaired) electrons. The van der Waals surface area contributed by atoms with E-state index in [1.54, 1.807) is 25.6 Å². The predicted molar refractivity (Wildman–Crippen MR) is 175 cm³/mol. The molecule has 1 N–H and O–H groups in total. The average molecular weight is 662 g/mol. The number of aliphatic hydroxyl groups is 1. The van der Waals surface area contributed by atoms with Gasteiger partial charge in [0.25, 0.3) is 0 Å². The maximum absolute atomic E-state index is 13.2. The first-order valence-electron chi connectivity index (χ1n) is 15.0. The highest BCUT2D eigenvalue weighted by atomic mass is 19.2. The van der Waals surface area contributed by atoms with Gasteiger partial charge in [-0.2, -0.15) is 10.2 Å². The Morgan fingerprint density at radius 3 is 2.02 bits per heavy atom. The Hall–Kier alpha value is -6.34. The molecule has 10 nitrogen and oxygen atoms in total. The van der Waals surface area contributed by atoms with Gasteiger partial charge in [-0.05, 0) is 54.6 Å². The first kappa shape index (κ1) is 31.3. The molecule has 0 aliphatic rings. The molecule has 13 heteroatoms. The Kier molecular flexibility index (Phi) is 8.56. The zero-order valence-corrected chi connectivity index (χ0v) is 25.8. The number of ether oxygens (including phenoxy) is 2. The van der Waals surface area contributed by atoms with Crippen LogP contribution in [-0.2, 0) is 13.2 Å². The number of halogens is 3. The molecule has 0 fully saturated rings. The fourth-order valence-corrected chi connectivity index (χ4v) is 5.17. The number of aromatic nitrogens is 7. The van der Waals surface area contributed by atoms with Gasteiger partial charge in [-0.1, -0.05) is 30.3 Å². The van der Waals surface area contributed by atoms with Gasteiger partial charge in [-0.3, -0.25) is 4.98 Å². The molecule has 49 heavy (non-hydrogen) atoms. The molecule has 0 saturated carbocycles. The molecule has 0 atom stereocenters. The molecule has 244 valence electrons. The van der Waals surface area contributed by atoms with E-state index in [-0.39, 0.29) is 17.9 Å². The molecule has 0 unspecified atom stereocenters. The third kappa shape index (κ3) is 6.34. The van der Waals surface area contributed by atoms with Crippen LogP contribution in [0.1, 0.15) is 11.4 Å². The van der Waals surface area contributed by atoms with Crippen molar-refractivity contribution < 1.29 is 27.8 Å². The second-order valence-electron chi connectivity index (χ2n) is 10.7. The van der Waals surface area contributed by atoms with Gasteiger partial charge in [0.1, 0.15) is 23.8 Å². The smallest absolute Gasteiger partial charge is 0.194 e. The monoisotopic (exact) mass is 661 g/mol. The van der Waals surface area contributed by atoms with Crippen molar-refractivity contribution in [3.8, 4) is 34.0 Å². The number of nitrogens with zero attached hydrogens (tertiary/aromatic N) is 7. The summed E-state index contributed by atoms with van der Waals surface area (Å²) in [5, 5.41) is 18.9. The molecule has 8 rings (SSSR count). The van der Waals surface area contributed by atoms with Crippen LogP contribution in [0.3, 0.4) is 0 Å². The molecular formula is C36H26F3N7O3. The van der Waals surface area contributed by atoms with Crippen molar-refractivity contribution in [1.82, 2.24) is 34.2 Å². The maximum atomic E-state index is 13.2. The summed E-state index contributed by atoms with van der Waals surface area (Å²) < 4.78 is 53.9. The summed E-state index contributed by atoms with van der Waals surface area (Å²) in [6, 6.07) is 26.5. The van der Waals surface area contributed by atoms with Crippen LogP contribution in [0, 0.1) is 17.5 Å². The first-order valence-corrected chi connectivity index (χ1v) is 15.0. The van der Waals surface area contributed by atoms with Crippen LogP contribution in [0.25, 0.3) is 44.7 Å². The summed E-state index contributed by atoms with van der Waals surface area (Å²) in [7, 11) is 1.64. The van der Waals surface area contributed by atoms with Crippen molar-refractivity contribution in [1.29, 1.82) is 0 Å². The minimum atomic E-state index is -1.52. The molecule has 0 aliphatic carbocycles. The van der Waals surface area contributed by atoms with Gasteiger partial charge in [-0.15, -0.1) is 0 Å². The minimum Gasteiger partial charge on any atom is -0.497 e. The van der Waals surface area contributed by atoms with Gasteiger partial charge >= 0.3 is 0 Å². The van der Waals surface area contributed by atoms with Crippen molar-refractivity contribution in [3.05, 3.63) is 138 Å². The molecule has 5 heterocycles. The summed E-state index contributed by atoms with van der Waals surface area (Å²) >= 11 is 0. The van der Waals surface area contributed by atoms with Crippen molar-refractivity contribution in [2.75, 3.05) is 7.11 Å². The first-order chi connectivity index (χ1) is 23.9. The van der Waals surface area contributed by atoms with Crippen LogP contribution >= 0.6 is 0 Å². The van der Waals surface area contributed by atoms with E-state index in [9.17, 15) is 13.2 Å². The van der Waals surface area contributed by atoms with Gasteiger partial charge < -0.3 is 14.6 Å². The van der Waals surface area contributed by atoms with Crippen molar-refractivity contribution in [2.45, 2.75) is 13.2 Å². The van der Waals surface area contributed by atoms with Gasteiger partial charge in [0.2, 0.25) is 0 Å². The molecule has 0 aliphatic heterocycles. The van der Waals surface area contributed by atoms with E-state index in [1.807, 2.05) is 71.2 Å². The lowest BCUT2D eigenvalue weighted by atomic mass is 10.1. The number of methoxy groups -OCH3 is 1. The van der Waals surface area contributed by atoms with E-state index in [4.69, 9.17) is 19.7 Å². The zero-order valence-electron chi connectivity index (χ0n) is 25.8. The van der Waals surface area contributed by atoms with E-state index in [1.165, 1.54) is 16.8 Å². The number of imidazole rings is 2. The lowest BCUT2D eigenvalue weighted by molar-refractivity contribution is 0.274. The molecule has 0 bridgehead atoms. The lowest BCUT2D eigenvalue weighted by Gasteiger charge is -2.10. The highest BCUT2D eigenvalue weighted by molar-refractivity contribution is 5.86. The molecule has 0 spiro atoms. The van der Waals surface area contributed by atoms with Crippen LogP contribution in [0.2, 0.25) is 0 Å². The molecular weight excluding hydrogens is 635 g/mol. The molecule has 0 amide bonds. The molecule has 8 aromatic rings. The third-order valence-corrected chi connectivity index (χ3v) is 7.66. The number of aliphatic hydroxyl groups excluding tert-OH is 1. The Morgan fingerprint density at radius 1 is 0.694 bits per heavy atom. The Morgan fingerprint density at radius 2 is 1.35 bits per heavy atom. The second kappa shape index (κ2) is 13.4. The summed E-state index contributed by atoms with van der Waals surface area (Å²) in [4.78, 5) is 12.8. The second-order valence-corrected chi connectivity index (χ2v) is 10.7. The molecule has 0 saturated heterocycles. The standard InChI is InChI=1S/C23H18N4O2.C13H8F3N3O/c1-28-18-7-8-19-21(13-18)24-12-11-22(19)29-15-17-14-25-23-10-9-20(26-27(17)23)16-5-3-2-4-6-16;14-9-3-7(4-10(15)13(9)16)11-1-2-12-17-5-8(6-20)19(12)18-11/h2-14H,15H2,1H3;1-5,20H,6H2. The molecule has 5 aromatic heterocycles. The number of rotatable bonds is 7. The van der Waals surface area contributed by atoms with E-state index >= 15 is 0 Å². The average Bonchev–Trinajstić information content (AvgIpc) is 3.76. The highest BCUT2D eigenvalue weighted by Gasteiger charge is 2.14. The number of hydrogen-bond acceptors (Lipinski definition) is 8. The number of fused-ring (bicyclic) bond motifs is 3. The predicted octanol–water partition coefficient (Wildman–Crippen LogP) is 6.84. The quantitative estimate of drug-likeness (QED) is 0.185. The third-order valence-electron chi connectivity index (χ3n) is 7.66. The maximum Gasteiger partial charge on any atom is 0.194 e. The number of pyridine rings is 1.